The predicted octanol–water partition coefficient (Wildman–Crippen LogP) is 2.12. The van der Waals surface area contributed by atoms with Crippen molar-refractivity contribution in [2.75, 3.05) is 11.5 Å². The molecular weight excluding hydrogens is 222 g/mol. The highest BCUT2D eigenvalue weighted by molar-refractivity contribution is 7.99. The topological polar surface area (TPSA) is 64.9 Å². The first-order valence-corrected chi connectivity index (χ1v) is 6.81. The second-order valence-corrected chi connectivity index (χ2v) is 6.51. The van der Waals surface area contributed by atoms with Gasteiger partial charge in [-0.25, -0.2) is 0 Å². The van der Waals surface area contributed by atoms with E-state index in [1.54, 1.807) is 0 Å². The van der Waals surface area contributed by atoms with E-state index in [0.717, 1.165) is 12.2 Å². The lowest BCUT2D eigenvalue weighted by molar-refractivity contribution is 0.314. The van der Waals surface area contributed by atoms with Gasteiger partial charge in [0.2, 0.25) is 5.89 Å². The molecule has 1 aromatic rings. The summed E-state index contributed by atoms with van der Waals surface area (Å²) in [6, 6.07) is -0.0742. The van der Waals surface area contributed by atoms with Gasteiger partial charge in [0.1, 0.15) is 0 Å². The standard InChI is InChI=1S/C11H19N3OS/c1-11(2,3)10-13-9(14-15-10)8(12)7-4-5-16-6-7/h7-8H,4-6,12H2,1-3H3. The van der Waals surface area contributed by atoms with Crippen LogP contribution in [-0.4, -0.2) is 21.6 Å². The Morgan fingerprint density at radius 2 is 2.25 bits per heavy atom. The fourth-order valence-corrected chi connectivity index (χ4v) is 3.03. The van der Waals surface area contributed by atoms with Gasteiger partial charge in [-0.3, -0.25) is 0 Å². The number of thioether (sulfide) groups is 1. The number of aromatic nitrogens is 2. The number of hydrogen-bond acceptors (Lipinski definition) is 5. The molecule has 0 aliphatic carbocycles. The van der Waals surface area contributed by atoms with Crippen LogP contribution in [0.1, 0.15) is 44.9 Å². The molecule has 1 aliphatic heterocycles. The second-order valence-electron chi connectivity index (χ2n) is 5.36. The van der Waals surface area contributed by atoms with Crippen LogP contribution in [0.5, 0.6) is 0 Å². The maximum atomic E-state index is 6.16. The van der Waals surface area contributed by atoms with E-state index in [4.69, 9.17) is 10.3 Å². The molecule has 1 aliphatic rings. The monoisotopic (exact) mass is 241 g/mol. The van der Waals surface area contributed by atoms with Gasteiger partial charge in [0.05, 0.1) is 6.04 Å². The van der Waals surface area contributed by atoms with Crippen molar-refractivity contribution in [3.8, 4) is 0 Å². The van der Waals surface area contributed by atoms with E-state index in [0.29, 0.717) is 17.6 Å². The Morgan fingerprint density at radius 3 is 2.75 bits per heavy atom. The molecule has 2 heterocycles. The first-order valence-electron chi connectivity index (χ1n) is 5.66. The van der Waals surface area contributed by atoms with Gasteiger partial charge in [0, 0.05) is 5.41 Å². The third-order valence-electron chi connectivity index (χ3n) is 2.85. The lowest BCUT2D eigenvalue weighted by Crippen LogP contribution is -2.22. The molecule has 5 heteroatoms. The van der Waals surface area contributed by atoms with Gasteiger partial charge < -0.3 is 10.3 Å². The van der Waals surface area contributed by atoms with Crippen molar-refractivity contribution < 1.29 is 4.52 Å². The van der Waals surface area contributed by atoms with Crippen LogP contribution in [0.25, 0.3) is 0 Å². The van der Waals surface area contributed by atoms with E-state index in [9.17, 15) is 0 Å². The van der Waals surface area contributed by atoms with E-state index in [1.165, 1.54) is 5.75 Å². The Kier molecular flexibility index (Phi) is 3.26. The fraction of sp³-hybridized carbons (Fsp3) is 0.818. The van der Waals surface area contributed by atoms with Crippen LogP contribution >= 0.6 is 11.8 Å². The normalized spacial score (nSPS) is 23.6. The zero-order valence-corrected chi connectivity index (χ0v) is 10.9. The molecule has 1 saturated heterocycles. The minimum atomic E-state index is -0.102. The van der Waals surface area contributed by atoms with E-state index in [2.05, 4.69) is 30.9 Å². The van der Waals surface area contributed by atoms with Crippen molar-refractivity contribution in [3.63, 3.8) is 0 Å². The Hall–Kier alpha value is -0.550. The van der Waals surface area contributed by atoms with Gasteiger partial charge in [-0.15, -0.1) is 0 Å². The smallest absolute Gasteiger partial charge is 0.232 e. The molecular formula is C11H19N3OS. The van der Waals surface area contributed by atoms with Crippen LogP contribution in [0.2, 0.25) is 0 Å². The molecule has 1 aromatic heterocycles. The Labute approximate surface area is 100 Å². The maximum absolute atomic E-state index is 6.16. The number of nitrogens with zero attached hydrogens (tertiary/aromatic N) is 2. The van der Waals surface area contributed by atoms with Crippen LogP contribution < -0.4 is 5.73 Å². The molecule has 2 atom stereocenters. The molecule has 0 saturated carbocycles. The summed E-state index contributed by atoms with van der Waals surface area (Å²) < 4.78 is 5.26. The largest absolute Gasteiger partial charge is 0.339 e. The van der Waals surface area contributed by atoms with Gasteiger partial charge in [-0.05, 0) is 23.8 Å². The van der Waals surface area contributed by atoms with Crippen LogP contribution in [0.3, 0.4) is 0 Å². The fourth-order valence-electron chi connectivity index (χ4n) is 1.72. The summed E-state index contributed by atoms with van der Waals surface area (Å²) in [5.74, 6) is 4.14. The van der Waals surface area contributed by atoms with Gasteiger partial charge in [-0.1, -0.05) is 25.9 Å². The van der Waals surface area contributed by atoms with Crippen LogP contribution in [0.15, 0.2) is 4.52 Å². The van der Waals surface area contributed by atoms with Crippen molar-refractivity contribution in [2.24, 2.45) is 11.7 Å². The molecule has 90 valence electrons. The van der Waals surface area contributed by atoms with Crippen LogP contribution in [0, 0.1) is 5.92 Å². The van der Waals surface area contributed by atoms with Gasteiger partial charge >= 0.3 is 0 Å². The highest BCUT2D eigenvalue weighted by Gasteiger charge is 2.29. The molecule has 2 unspecified atom stereocenters. The first kappa shape index (κ1) is 11.9. The highest BCUT2D eigenvalue weighted by atomic mass is 32.2. The molecule has 0 amide bonds. The minimum absolute atomic E-state index is 0.0742. The molecule has 0 radical (unpaired) electrons. The van der Waals surface area contributed by atoms with Gasteiger partial charge in [-0.2, -0.15) is 16.7 Å². The Balaban J connectivity index is 2.12. The average Bonchev–Trinajstić information content (AvgIpc) is 2.87. The van der Waals surface area contributed by atoms with Crippen LogP contribution in [0.4, 0.5) is 0 Å². The zero-order chi connectivity index (χ0) is 11.8. The summed E-state index contributed by atoms with van der Waals surface area (Å²) in [5.41, 5.74) is 6.06. The van der Waals surface area contributed by atoms with E-state index < -0.39 is 0 Å². The third-order valence-corrected chi connectivity index (χ3v) is 4.04. The summed E-state index contributed by atoms with van der Waals surface area (Å²) in [4.78, 5) is 4.41. The summed E-state index contributed by atoms with van der Waals surface area (Å²) in [6.07, 6.45) is 1.16. The predicted molar refractivity (Wildman–Crippen MR) is 65.4 cm³/mol. The van der Waals surface area contributed by atoms with E-state index in [1.807, 2.05) is 11.8 Å². The summed E-state index contributed by atoms with van der Waals surface area (Å²) in [6.45, 7) is 6.17. The zero-order valence-electron chi connectivity index (χ0n) is 10.1. The molecule has 2 rings (SSSR count). The minimum Gasteiger partial charge on any atom is -0.339 e. The molecule has 0 spiro atoms. The first-order chi connectivity index (χ1) is 7.48. The van der Waals surface area contributed by atoms with Crippen molar-refractivity contribution in [1.29, 1.82) is 0 Å². The number of nitrogens with two attached hydrogens (primary N) is 1. The molecule has 4 nitrogen and oxygen atoms in total. The lowest BCUT2D eigenvalue weighted by atomic mass is 9.96. The summed E-state index contributed by atoms with van der Waals surface area (Å²) >= 11 is 1.95. The SMILES string of the molecule is CC(C)(C)c1nc(C(N)C2CCSC2)no1. The summed E-state index contributed by atoms with van der Waals surface area (Å²) in [7, 11) is 0. The van der Waals surface area contributed by atoms with E-state index in [-0.39, 0.29) is 11.5 Å². The molecule has 2 N–H and O–H groups in total. The molecule has 16 heavy (non-hydrogen) atoms. The quantitative estimate of drug-likeness (QED) is 0.859. The highest BCUT2D eigenvalue weighted by Crippen LogP contribution is 2.32. The Bertz CT molecular complexity index is 352. The van der Waals surface area contributed by atoms with Crippen LogP contribution in [-0.2, 0) is 5.41 Å². The summed E-state index contributed by atoms with van der Waals surface area (Å²) in [5, 5.41) is 4.01. The van der Waals surface area contributed by atoms with Crippen molar-refractivity contribution in [1.82, 2.24) is 10.1 Å². The second kappa shape index (κ2) is 4.37. The van der Waals surface area contributed by atoms with Crippen molar-refractivity contribution in [2.45, 2.75) is 38.6 Å². The maximum Gasteiger partial charge on any atom is 0.232 e. The lowest BCUT2D eigenvalue weighted by Gasteiger charge is -2.14. The molecule has 0 bridgehead atoms. The van der Waals surface area contributed by atoms with E-state index >= 15 is 0 Å². The van der Waals surface area contributed by atoms with Crippen molar-refractivity contribution in [3.05, 3.63) is 11.7 Å². The third kappa shape index (κ3) is 2.40. The Morgan fingerprint density at radius 1 is 1.50 bits per heavy atom. The van der Waals surface area contributed by atoms with Gasteiger partial charge in [0.15, 0.2) is 5.82 Å². The molecule has 1 fully saturated rings. The number of hydrogen-bond donors (Lipinski definition) is 1. The number of rotatable bonds is 2. The van der Waals surface area contributed by atoms with Crippen molar-refractivity contribution >= 4 is 11.8 Å². The average molecular weight is 241 g/mol. The molecule has 0 aromatic carbocycles. The van der Waals surface area contributed by atoms with Gasteiger partial charge in [0.25, 0.3) is 0 Å².